The maximum Gasteiger partial charge on any atom is 0.418 e. The molecule has 2 N–H and O–H groups in total. The smallest absolute Gasteiger partial charge is 0.418 e. The van der Waals surface area contributed by atoms with Gasteiger partial charge < -0.3 is 15.2 Å². The summed E-state index contributed by atoms with van der Waals surface area (Å²) < 4.78 is 62.5. The molecule has 0 amide bonds. The predicted molar refractivity (Wildman–Crippen MR) is 128 cm³/mol. The zero-order chi connectivity index (χ0) is 25.1. The number of ether oxygens (including phenoxy) is 1. The molecule has 0 saturated carbocycles. The van der Waals surface area contributed by atoms with Crippen molar-refractivity contribution in [2.75, 3.05) is 18.5 Å². The summed E-state index contributed by atoms with van der Waals surface area (Å²) in [5.74, 6) is -0.130. The standard InChI is InChI=1S/C26H30F4N2O2/c1-5-8-19-21(31-6-2)9-7-10-22(19)32-16-25(33,26(28,29)30)15-24(3,4)20-14-18(27)13-17-11-12-34-23(17)20/h5-10,13-14,32-33H,11-12,15-16H2,1-4H3/b8-5-,31-6?. The van der Waals surface area contributed by atoms with Crippen LogP contribution in [0.4, 0.5) is 28.9 Å². The molecule has 184 valence electrons. The summed E-state index contributed by atoms with van der Waals surface area (Å²) in [6.07, 6.45) is -0.0325. The molecule has 0 aliphatic carbocycles. The van der Waals surface area contributed by atoms with Crippen LogP contribution in [0.5, 0.6) is 5.75 Å². The first-order valence-corrected chi connectivity index (χ1v) is 11.1. The van der Waals surface area contributed by atoms with E-state index in [0.29, 0.717) is 46.8 Å². The van der Waals surface area contributed by atoms with Gasteiger partial charge in [0.15, 0.2) is 5.60 Å². The number of hydrogen-bond acceptors (Lipinski definition) is 4. The molecule has 4 nitrogen and oxygen atoms in total. The molecule has 1 atom stereocenters. The number of aliphatic imine (C=N–C) groups is 1. The number of aliphatic hydroxyl groups is 1. The van der Waals surface area contributed by atoms with Gasteiger partial charge in [0.25, 0.3) is 0 Å². The topological polar surface area (TPSA) is 53.9 Å². The van der Waals surface area contributed by atoms with Gasteiger partial charge in [0.1, 0.15) is 11.6 Å². The Morgan fingerprint density at radius 2 is 1.91 bits per heavy atom. The number of nitrogens with zero attached hydrogens (tertiary/aromatic N) is 1. The van der Waals surface area contributed by atoms with Gasteiger partial charge in [-0.15, -0.1) is 0 Å². The molecular weight excluding hydrogens is 448 g/mol. The van der Waals surface area contributed by atoms with Crippen LogP contribution in [0.15, 0.2) is 41.4 Å². The van der Waals surface area contributed by atoms with Gasteiger partial charge in [0.2, 0.25) is 0 Å². The van der Waals surface area contributed by atoms with Crippen LogP contribution in [-0.4, -0.2) is 36.3 Å². The molecule has 0 bridgehead atoms. The number of anilines is 1. The highest BCUT2D eigenvalue weighted by molar-refractivity contribution is 5.78. The van der Waals surface area contributed by atoms with Crippen molar-refractivity contribution in [3.05, 3.63) is 58.9 Å². The normalized spacial score (nSPS) is 16.0. The molecule has 1 heterocycles. The van der Waals surface area contributed by atoms with E-state index in [4.69, 9.17) is 4.74 Å². The molecule has 3 rings (SSSR count). The van der Waals surface area contributed by atoms with Crippen LogP contribution in [0, 0.1) is 5.82 Å². The summed E-state index contributed by atoms with van der Waals surface area (Å²) in [6.45, 7) is 6.21. The fraction of sp³-hybridized carbons (Fsp3) is 0.423. The highest BCUT2D eigenvalue weighted by Gasteiger charge is 2.56. The quantitative estimate of drug-likeness (QED) is 0.333. The molecule has 0 spiro atoms. The average molecular weight is 479 g/mol. The Bertz CT molecular complexity index is 1090. The van der Waals surface area contributed by atoms with Crippen LogP contribution in [0.25, 0.3) is 6.08 Å². The highest BCUT2D eigenvalue weighted by atomic mass is 19.4. The Labute approximate surface area is 197 Å². The Hall–Kier alpha value is -2.87. The van der Waals surface area contributed by atoms with Crippen molar-refractivity contribution < 1.29 is 27.4 Å². The minimum Gasteiger partial charge on any atom is -0.493 e. The lowest BCUT2D eigenvalue weighted by atomic mass is 9.74. The molecule has 8 heteroatoms. The highest BCUT2D eigenvalue weighted by Crippen LogP contribution is 2.46. The van der Waals surface area contributed by atoms with Gasteiger partial charge in [-0.2, -0.15) is 13.2 Å². The zero-order valence-corrected chi connectivity index (χ0v) is 19.8. The Kier molecular flexibility index (Phi) is 7.41. The van der Waals surface area contributed by atoms with Crippen LogP contribution in [-0.2, 0) is 11.8 Å². The van der Waals surface area contributed by atoms with E-state index >= 15 is 0 Å². The fourth-order valence-corrected chi connectivity index (χ4v) is 4.40. The number of allylic oxidation sites excluding steroid dienone is 1. The van der Waals surface area contributed by atoms with Crippen molar-refractivity contribution in [2.24, 2.45) is 4.99 Å². The van der Waals surface area contributed by atoms with Crippen molar-refractivity contribution in [3.63, 3.8) is 0 Å². The molecule has 0 aromatic heterocycles. The maximum absolute atomic E-state index is 14.2. The maximum atomic E-state index is 14.2. The van der Waals surface area contributed by atoms with Crippen molar-refractivity contribution >= 4 is 23.7 Å². The van der Waals surface area contributed by atoms with Gasteiger partial charge in [0, 0.05) is 35.0 Å². The van der Waals surface area contributed by atoms with E-state index in [1.54, 1.807) is 64.3 Å². The first kappa shape index (κ1) is 25.7. The van der Waals surface area contributed by atoms with E-state index in [1.807, 2.05) is 0 Å². The molecule has 2 aromatic rings. The molecule has 0 radical (unpaired) electrons. The first-order valence-electron chi connectivity index (χ1n) is 11.1. The molecule has 0 saturated heterocycles. The number of benzene rings is 2. The van der Waals surface area contributed by atoms with Crippen LogP contribution < -0.4 is 10.1 Å². The lowest BCUT2D eigenvalue weighted by Gasteiger charge is -2.38. The SMILES string of the molecule is CC=Nc1cccc(NCC(O)(CC(C)(C)c2cc(F)cc3c2OCC3)C(F)(F)F)c1/C=C\C. The summed E-state index contributed by atoms with van der Waals surface area (Å²) in [5, 5.41) is 13.7. The average Bonchev–Trinajstić information content (AvgIpc) is 3.20. The third kappa shape index (κ3) is 5.27. The second-order valence-corrected chi connectivity index (χ2v) is 9.11. The lowest BCUT2D eigenvalue weighted by Crippen LogP contribution is -2.53. The number of halogens is 4. The Morgan fingerprint density at radius 1 is 1.18 bits per heavy atom. The largest absolute Gasteiger partial charge is 0.493 e. The Morgan fingerprint density at radius 3 is 2.56 bits per heavy atom. The summed E-state index contributed by atoms with van der Waals surface area (Å²) in [5.41, 5.74) is -1.76. The van der Waals surface area contributed by atoms with Crippen LogP contribution in [0.1, 0.15) is 50.8 Å². The number of nitrogens with one attached hydrogen (secondary N) is 1. The summed E-state index contributed by atoms with van der Waals surface area (Å²) >= 11 is 0. The fourth-order valence-electron chi connectivity index (χ4n) is 4.40. The molecule has 34 heavy (non-hydrogen) atoms. The van der Waals surface area contributed by atoms with Gasteiger partial charge in [-0.05, 0) is 49.9 Å². The summed E-state index contributed by atoms with van der Waals surface area (Å²) in [7, 11) is 0. The van der Waals surface area contributed by atoms with E-state index in [-0.39, 0.29) is 0 Å². The third-order valence-corrected chi connectivity index (χ3v) is 6.00. The van der Waals surface area contributed by atoms with Gasteiger partial charge in [-0.1, -0.05) is 32.1 Å². The minimum absolute atomic E-state index is 0.316. The molecule has 1 aliphatic heterocycles. The molecule has 2 aromatic carbocycles. The van der Waals surface area contributed by atoms with Crippen molar-refractivity contribution in [1.82, 2.24) is 0 Å². The monoisotopic (exact) mass is 478 g/mol. The van der Waals surface area contributed by atoms with E-state index in [1.165, 1.54) is 12.1 Å². The van der Waals surface area contributed by atoms with E-state index in [9.17, 15) is 22.7 Å². The number of rotatable bonds is 8. The zero-order valence-electron chi connectivity index (χ0n) is 19.8. The Balaban J connectivity index is 1.95. The van der Waals surface area contributed by atoms with Crippen molar-refractivity contribution in [2.45, 2.75) is 57.7 Å². The van der Waals surface area contributed by atoms with Crippen LogP contribution in [0.3, 0.4) is 0 Å². The van der Waals surface area contributed by atoms with Crippen molar-refractivity contribution in [3.8, 4) is 5.75 Å². The number of fused-ring (bicyclic) bond motifs is 1. The van der Waals surface area contributed by atoms with Gasteiger partial charge in [0.05, 0.1) is 18.8 Å². The number of alkyl halides is 3. The van der Waals surface area contributed by atoms with E-state index < -0.39 is 36.0 Å². The number of hydrogen-bond donors (Lipinski definition) is 2. The third-order valence-electron chi connectivity index (χ3n) is 6.00. The predicted octanol–water partition coefficient (Wildman–Crippen LogP) is 6.59. The minimum atomic E-state index is -4.94. The van der Waals surface area contributed by atoms with Crippen LogP contribution >= 0.6 is 0 Å². The molecular formula is C26H30F4N2O2. The summed E-state index contributed by atoms with van der Waals surface area (Å²) in [6, 6.07) is 7.61. The van der Waals surface area contributed by atoms with Gasteiger partial charge in [-0.25, -0.2) is 4.39 Å². The van der Waals surface area contributed by atoms with Crippen molar-refractivity contribution in [1.29, 1.82) is 0 Å². The van der Waals surface area contributed by atoms with Gasteiger partial charge >= 0.3 is 6.18 Å². The first-order chi connectivity index (χ1) is 15.9. The second-order valence-electron chi connectivity index (χ2n) is 9.11. The van der Waals surface area contributed by atoms with Gasteiger partial charge in [-0.3, -0.25) is 4.99 Å². The molecule has 1 aliphatic rings. The summed E-state index contributed by atoms with van der Waals surface area (Å²) in [4.78, 5) is 4.27. The molecule has 1 unspecified atom stereocenters. The second kappa shape index (κ2) is 9.78. The lowest BCUT2D eigenvalue weighted by molar-refractivity contribution is -0.260. The van der Waals surface area contributed by atoms with Crippen LogP contribution in [0.2, 0.25) is 0 Å². The molecule has 0 fully saturated rings. The van der Waals surface area contributed by atoms with E-state index in [2.05, 4.69) is 10.3 Å². The van der Waals surface area contributed by atoms with E-state index in [0.717, 1.165) is 0 Å².